The average Bonchev–Trinajstić information content (AvgIpc) is 2.97. The van der Waals surface area contributed by atoms with Crippen LogP contribution in [0, 0.1) is 11.6 Å². The molecular weight excluding hydrogens is 395 g/mol. The number of aliphatic carboxylic acids is 1. The molecule has 1 heterocycles. The second-order valence-corrected chi connectivity index (χ2v) is 6.67. The number of halogens is 5. The van der Waals surface area contributed by atoms with E-state index < -0.39 is 29.3 Å². The number of carboxylic acids is 1. The molecule has 0 aliphatic heterocycles. The third-order valence-corrected chi connectivity index (χ3v) is 4.54. The van der Waals surface area contributed by atoms with E-state index in [9.17, 15) is 26.7 Å². The number of unbranched alkanes of at least 4 members (excludes halogenated alkanes) is 1. The molecule has 3 rings (SSSR count). The second kappa shape index (κ2) is 8.18. The second-order valence-electron chi connectivity index (χ2n) is 6.67. The molecule has 0 saturated heterocycles. The highest BCUT2D eigenvalue weighted by molar-refractivity contribution is 5.83. The predicted octanol–water partition coefficient (Wildman–Crippen LogP) is 5.18. The van der Waals surface area contributed by atoms with Gasteiger partial charge in [-0.1, -0.05) is 6.07 Å². The Labute approximate surface area is 162 Å². The Morgan fingerprint density at radius 3 is 2.48 bits per heavy atom. The summed E-state index contributed by atoms with van der Waals surface area (Å²) in [5.74, 6) is -2.46. The van der Waals surface area contributed by atoms with Crippen molar-refractivity contribution in [3.63, 3.8) is 0 Å². The minimum Gasteiger partial charge on any atom is -0.481 e. The Morgan fingerprint density at radius 2 is 1.83 bits per heavy atom. The molecule has 0 atom stereocenters. The van der Waals surface area contributed by atoms with Crippen LogP contribution in [0.15, 0.2) is 36.4 Å². The molecule has 0 saturated carbocycles. The van der Waals surface area contributed by atoms with Crippen LogP contribution in [0.3, 0.4) is 0 Å². The normalized spacial score (nSPS) is 11.9. The van der Waals surface area contributed by atoms with Crippen molar-refractivity contribution < 1.29 is 31.9 Å². The van der Waals surface area contributed by atoms with Gasteiger partial charge in [0.1, 0.15) is 11.6 Å². The maximum Gasteiger partial charge on any atom is 0.416 e. The third-order valence-electron chi connectivity index (χ3n) is 4.54. The molecule has 1 aromatic heterocycles. The van der Waals surface area contributed by atoms with E-state index in [0.29, 0.717) is 24.1 Å². The van der Waals surface area contributed by atoms with Gasteiger partial charge >= 0.3 is 12.1 Å². The lowest BCUT2D eigenvalue weighted by atomic mass is 10.1. The van der Waals surface area contributed by atoms with E-state index in [1.807, 2.05) is 0 Å². The summed E-state index contributed by atoms with van der Waals surface area (Å²) in [6.45, 7) is -0.0803. The number of hydrogen-bond acceptors (Lipinski definition) is 2. The third kappa shape index (κ3) is 4.90. The maximum absolute atomic E-state index is 14.0. The van der Waals surface area contributed by atoms with Crippen molar-refractivity contribution in [3.05, 3.63) is 64.9 Å². The number of rotatable bonds is 7. The number of carboxylic acid groups (broad SMARTS) is 1. The lowest BCUT2D eigenvalue weighted by Crippen LogP contribution is -2.06. The molecule has 0 spiro atoms. The van der Waals surface area contributed by atoms with Gasteiger partial charge in [-0.05, 0) is 43.5 Å². The number of benzene rings is 2. The van der Waals surface area contributed by atoms with E-state index >= 15 is 0 Å². The van der Waals surface area contributed by atoms with Gasteiger partial charge in [-0.25, -0.2) is 8.78 Å². The summed E-state index contributed by atoms with van der Waals surface area (Å²) < 4.78 is 67.8. The summed E-state index contributed by atoms with van der Waals surface area (Å²) in [4.78, 5) is 10.6. The number of fused-ring (bicyclic) bond motifs is 1. The molecule has 2 aromatic carbocycles. The molecule has 3 aromatic rings. The van der Waals surface area contributed by atoms with Gasteiger partial charge in [0.2, 0.25) is 0 Å². The molecule has 0 unspecified atom stereocenters. The first-order chi connectivity index (χ1) is 13.6. The summed E-state index contributed by atoms with van der Waals surface area (Å²) in [6, 6.07) is 6.28. The monoisotopic (exact) mass is 412 g/mol. The Morgan fingerprint density at radius 1 is 1.07 bits per heavy atom. The lowest BCUT2D eigenvalue weighted by Gasteiger charge is -2.08. The number of aryl methyl sites for hydroxylation is 1. The molecule has 29 heavy (non-hydrogen) atoms. The smallest absolute Gasteiger partial charge is 0.416 e. The molecular formula is C20H17F5N2O2. The minimum absolute atomic E-state index is 0.0484. The number of aromatic nitrogens is 2. The highest BCUT2D eigenvalue weighted by atomic mass is 19.4. The van der Waals surface area contributed by atoms with Crippen LogP contribution in [-0.4, -0.2) is 20.9 Å². The number of nitrogens with zero attached hydrogens (tertiary/aromatic N) is 2. The van der Waals surface area contributed by atoms with Gasteiger partial charge in [0.05, 0.1) is 23.3 Å². The topological polar surface area (TPSA) is 55.1 Å². The number of alkyl halides is 3. The van der Waals surface area contributed by atoms with E-state index in [-0.39, 0.29) is 30.3 Å². The van der Waals surface area contributed by atoms with Crippen LogP contribution in [-0.2, 0) is 23.9 Å². The van der Waals surface area contributed by atoms with Gasteiger partial charge in [-0.15, -0.1) is 0 Å². The maximum atomic E-state index is 14.0. The van der Waals surface area contributed by atoms with Crippen LogP contribution in [0.1, 0.15) is 36.1 Å². The van der Waals surface area contributed by atoms with Gasteiger partial charge in [0, 0.05) is 23.4 Å². The molecule has 154 valence electrons. The van der Waals surface area contributed by atoms with Crippen molar-refractivity contribution in [2.45, 2.75) is 38.4 Å². The average molecular weight is 412 g/mol. The molecule has 9 heteroatoms. The first-order valence-corrected chi connectivity index (χ1v) is 8.87. The van der Waals surface area contributed by atoms with Gasteiger partial charge < -0.3 is 5.11 Å². The Kier molecular flexibility index (Phi) is 5.86. The van der Waals surface area contributed by atoms with E-state index in [4.69, 9.17) is 5.11 Å². The summed E-state index contributed by atoms with van der Waals surface area (Å²) in [5.41, 5.74) is 0.0754. The standard InChI is InChI=1S/C20H17F5N2O2/c21-14-7-5-12(16(22)10-14)11-27-18-8-6-13(20(23,24)25)9-15(18)17(26-27)3-1-2-4-19(28)29/h5-10H,1-4,11H2,(H,28,29). The van der Waals surface area contributed by atoms with Crippen LogP contribution in [0.2, 0.25) is 0 Å². The van der Waals surface area contributed by atoms with Crippen LogP contribution in [0.25, 0.3) is 10.9 Å². The summed E-state index contributed by atoms with van der Waals surface area (Å²) in [6.07, 6.45) is -3.51. The first-order valence-electron chi connectivity index (χ1n) is 8.87. The van der Waals surface area contributed by atoms with Crippen LogP contribution in [0.5, 0.6) is 0 Å². The summed E-state index contributed by atoms with van der Waals surface area (Å²) >= 11 is 0. The van der Waals surface area contributed by atoms with Crippen LogP contribution < -0.4 is 0 Å². The molecule has 1 N–H and O–H groups in total. The van der Waals surface area contributed by atoms with Gasteiger partial charge in [0.15, 0.2) is 0 Å². The highest BCUT2D eigenvalue weighted by Crippen LogP contribution is 2.33. The highest BCUT2D eigenvalue weighted by Gasteiger charge is 2.31. The van der Waals surface area contributed by atoms with E-state index in [1.165, 1.54) is 16.8 Å². The zero-order valence-electron chi connectivity index (χ0n) is 15.1. The quantitative estimate of drug-likeness (QED) is 0.430. The van der Waals surface area contributed by atoms with Crippen molar-refractivity contribution in [2.75, 3.05) is 0 Å². The minimum atomic E-state index is -4.53. The van der Waals surface area contributed by atoms with Crippen LogP contribution in [0.4, 0.5) is 22.0 Å². The van der Waals surface area contributed by atoms with E-state index in [1.54, 1.807) is 0 Å². The van der Waals surface area contributed by atoms with Crippen molar-refractivity contribution in [1.29, 1.82) is 0 Å². The Bertz CT molecular complexity index is 1040. The largest absolute Gasteiger partial charge is 0.481 e. The molecule has 0 fully saturated rings. The molecule has 0 bridgehead atoms. The van der Waals surface area contributed by atoms with E-state index in [0.717, 1.165) is 24.3 Å². The fraction of sp³-hybridized carbons (Fsp3) is 0.300. The van der Waals surface area contributed by atoms with Crippen LogP contribution >= 0.6 is 0 Å². The summed E-state index contributed by atoms with van der Waals surface area (Å²) in [7, 11) is 0. The molecule has 0 aliphatic rings. The van der Waals surface area contributed by atoms with Gasteiger partial charge in [-0.3, -0.25) is 9.48 Å². The van der Waals surface area contributed by atoms with Crippen molar-refractivity contribution in [1.82, 2.24) is 9.78 Å². The Hall–Kier alpha value is -2.97. The molecule has 0 aliphatic carbocycles. The predicted molar refractivity (Wildman–Crippen MR) is 95.4 cm³/mol. The van der Waals surface area contributed by atoms with Crippen molar-refractivity contribution in [3.8, 4) is 0 Å². The first kappa shape index (κ1) is 20.8. The SMILES string of the molecule is O=C(O)CCCCc1nn(Cc2ccc(F)cc2F)c2ccc(C(F)(F)F)cc12. The summed E-state index contributed by atoms with van der Waals surface area (Å²) in [5, 5.41) is 13.3. The van der Waals surface area contributed by atoms with Gasteiger partial charge in [0.25, 0.3) is 0 Å². The zero-order chi connectivity index (χ0) is 21.2. The van der Waals surface area contributed by atoms with Gasteiger partial charge in [-0.2, -0.15) is 18.3 Å². The van der Waals surface area contributed by atoms with E-state index in [2.05, 4.69) is 5.10 Å². The zero-order valence-corrected chi connectivity index (χ0v) is 15.1. The molecule has 0 amide bonds. The Balaban J connectivity index is 1.97. The van der Waals surface area contributed by atoms with Crippen molar-refractivity contribution in [2.24, 2.45) is 0 Å². The number of carbonyl (C=O) groups is 1. The number of hydrogen-bond donors (Lipinski definition) is 1. The molecule has 0 radical (unpaired) electrons. The fourth-order valence-electron chi connectivity index (χ4n) is 3.11. The fourth-order valence-corrected chi connectivity index (χ4v) is 3.11. The van der Waals surface area contributed by atoms with Crippen molar-refractivity contribution >= 4 is 16.9 Å². The lowest BCUT2D eigenvalue weighted by molar-refractivity contribution is -0.138. The molecule has 4 nitrogen and oxygen atoms in total.